The SMILES string of the molecule is CCn1c(=S)[nH]c2cc3c(cc2c1=O)CCCC3. The zero-order chi connectivity index (χ0) is 12.7. The van der Waals surface area contributed by atoms with Crippen molar-refractivity contribution < 1.29 is 0 Å². The molecule has 2 aromatic rings. The van der Waals surface area contributed by atoms with Gasteiger partial charge < -0.3 is 4.98 Å². The summed E-state index contributed by atoms with van der Waals surface area (Å²) >= 11 is 5.23. The number of benzene rings is 1. The lowest BCUT2D eigenvalue weighted by Gasteiger charge is -2.16. The molecule has 3 nitrogen and oxygen atoms in total. The minimum atomic E-state index is 0.0321. The first-order valence-corrected chi connectivity index (χ1v) is 6.90. The molecule has 1 aromatic heterocycles. The summed E-state index contributed by atoms with van der Waals surface area (Å²) < 4.78 is 2.14. The lowest BCUT2D eigenvalue weighted by atomic mass is 9.90. The van der Waals surface area contributed by atoms with E-state index in [0.717, 1.165) is 23.7 Å². The molecule has 0 spiro atoms. The maximum atomic E-state index is 12.3. The summed E-state index contributed by atoms with van der Waals surface area (Å²) in [7, 11) is 0. The molecule has 4 heteroatoms. The average molecular weight is 260 g/mol. The van der Waals surface area contributed by atoms with Crippen LogP contribution < -0.4 is 5.56 Å². The van der Waals surface area contributed by atoms with Gasteiger partial charge in [0.05, 0.1) is 10.9 Å². The summed E-state index contributed by atoms with van der Waals surface area (Å²) in [4.78, 5) is 15.5. The maximum Gasteiger partial charge on any atom is 0.262 e. The zero-order valence-corrected chi connectivity index (χ0v) is 11.3. The normalized spacial score (nSPS) is 14.7. The molecule has 1 aliphatic carbocycles. The van der Waals surface area contributed by atoms with Crippen LogP contribution in [-0.4, -0.2) is 9.55 Å². The Morgan fingerprint density at radius 2 is 1.94 bits per heavy atom. The second-order valence-corrected chi connectivity index (χ2v) is 5.24. The molecule has 0 radical (unpaired) electrons. The molecule has 0 bridgehead atoms. The van der Waals surface area contributed by atoms with E-state index in [1.807, 2.05) is 6.92 Å². The van der Waals surface area contributed by atoms with E-state index in [-0.39, 0.29) is 5.56 Å². The second kappa shape index (κ2) is 4.35. The largest absolute Gasteiger partial charge is 0.332 e. The van der Waals surface area contributed by atoms with Crippen molar-refractivity contribution >= 4 is 23.1 Å². The van der Waals surface area contributed by atoms with Crippen molar-refractivity contribution in [2.24, 2.45) is 0 Å². The zero-order valence-electron chi connectivity index (χ0n) is 10.5. The van der Waals surface area contributed by atoms with E-state index >= 15 is 0 Å². The number of rotatable bonds is 1. The fraction of sp³-hybridized carbons (Fsp3) is 0.429. The van der Waals surface area contributed by atoms with Gasteiger partial charge in [0.1, 0.15) is 0 Å². The van der Waals surface area contributed by atoms with Crippen LogP contribution in [0.15, 0.2) is 16.9 Å². The van der Waals surface area contributed by atoms with Gasteiger partial charge in [-0.05, 0) is 68.1 Å². The molecule has 0 aliphatic heterocycles. The van der Waals surface area contributed by atoms with Crippen molar-refractivity contribution in [3.8, 4) is 0 Å². The number of aryl methyl sites for hydroxylation is 2. The van der Waals surface area contributed by atoms with Crippen LogP contribution in [0, 0.1) is 4.77 Å². The molecule has 0 fully saturated rings. The minimum Gasteiger partial charge on any atom is -0.332 e. The smallest absolute Gasteiger partial charge is 0.262 e. The molecule has 1 aromatic carbocycles. The highest BCUT2D eigenvalue weighted by molar-refractivity contribution is 7.71. The Balaban J connectivity index is 2.38. The third-order valence-electron chi connectivity index (χ3n) is 3.76. The molecule has 3 rings (SSSR count). The summed E-state index contributed by atoms with van der Waals surface area (Å²) in [6.07, 6.45) is 4.67. The van der Waals surface area contributed by atoms with E-state index in [1.165, 1.54) is 24.0 Å². The van der Waals surface area contributed by atoms with Crippen LogP contribution in [0.2, 0.25) is 0 Å². The molecule has 0 saturated carbocycles. The van der Waals surface area contributed by atoms with Gasteiger partial charge in [-0.25, -0.2) is 0 Å². The van der Waals surface area contributed by atoms with Crippen LogP contribution >= 0.6 is 12.2 Å². The highest BCUT2D eigenvalue weighted by Gasteiger charge is 2.13. The van der Waals surface area contributed by atoms with Crippen molar-refractivity contribution in [3.63, 3.8) is 0 Å². The predicted octanol–water partition coefficient (Wildman–Crippen LogP) is 2.96. The Bertz CT molecular complexity index is 727. The fourth-order valence-electron chi connectivity index (χ4n) is 2.77. The molecule has 1 heterocycles. The minimum absolute atomic E-state index is 0.0321. The van der Waals surface area contributed by atoms with E-state index < -0.39 is 0 Å². The molecular weight excluding hydrogens is 244 g/mol. The van der Waals surface area contributed by atoms with E-state index in [0.29, 0.717) is 11.3 Å². The Hall–Kier alpha value is -1.42. The molecule has 1 N–H and O–H groups in total. The summed E-state index contributed by atoms with van der Waals surface area (Å²) in [6.45, 7) is 2.55. The average Bonchev–Trinajstić information content (AvgIpc) is 2.37. The lowest BCUT2D eigenvalue weighted by Crippen LogP contribution is -2.21. The summed E-state index contributed by atoms with van der Waals surface area (Å²) in [5.74, 6) is 0. The molecule has 0 amide bonds. The third kappa shape index (κ3) is 1.72. The first-order chi connectivity index (χ1) is 8.70. The number of hydrogen-bond acceptors (Lipinski definition) is 2. The van der Waals surface area contributed by atoms with Crippen molar-refractivity contribution in [3.05, 3.63) is 38.4 Å². The molecule has 0 unspecified atom stereocenters. The van der Waals surface area contributed by atoms with E-state index in [2.05, 4.69) is 17.1 Å². The van der Waals surface area contributed by atoms with Gasteiger partial charge in [-0.1, -0.05) is 0 Å². The molecule has 1 aliphatic rings. The van der Waals surface area contributed by atoms with Gasteiger partial charge >= 0.3 is 0 Å². The molecule has 94 valence electrons. The first-order valence-electron chi connectivity index (χ1n) is 6.49. The summed E-state index contributed by atoms with van der Waals surface area (Å²) in [6, 6.07) is 4.17. The van der Waals surface area contributed by atoms with Gasteiger partial charge in [0.25, 0.3) is 5.56 Å². The molecule has 0 saturated heterocycles. The number of H-pyrrole nitrogens is 1. The number of hydrogen-bond donors (Lipinski definition) is 1. The van der Waals surface area contributed by atoms with Crippen LogP contribution in [0.25, 0.3) is 10.9 Å². The topological polar surface area (TPSA) is 37.8 Å². The number of aromatic nitrogens is 2. The van der Waals surface area contributed by atoms with Crippen LogP contribution in [0.5, 0.6) is 0 Å². The van der Waals surface area contributed by atoms with Crippen molar-refractivity contribution in [2.45, 2.75) is 39.2 Å². The van der Waals surface area contributed by atoms with E-state index in [9.17, 15) is 4.79 Å². The van der Waals surface area contributed by atoms with Gasteiger partial charge in [0, 0.05) is 6.54 Å². The maximum absolute atomic E-state index is 12.3. The standard InChI is InChI=1S/C14H16N2OS/c1-2-16-13(17)11-7-9-5-3-4-6-10(9)8-12(11)15-14(16)18/h7-8H,2-6H2,1H3,(H,15,18). The van der Waals surface area contributed by atoms with Gasteiger partial charge in [-0.2, -0.15) is 0 Å². The number of nitrogens with one attached hydrogen (secondary N) is 1. The number of fused-ring (bicyclic) bond motifs is 2. The molecule has 18 heavy (non-hydrogen) atoms. The van der Waals surface area contributed by atoms with Crippen LogP contribution in [0.3, 0.4) is 0 Å². The Labute approximate surface area is 110 Å². The van der Waals surface area contributed by atoms with Crippen molar-refractivity contribution in [2.75, 3.05) is 0 Å². The quantitative estimate of drug-likeness (QED) is 0.800. The highest BCUT2D eigenvalue weighted by atomic mass is 32.1. The summed E-state index contributed by atoms with van der Waals surface area (Å²) in [5.41, 5.74) is 3.62. The van der Waals surface area contributed by atoms with E-state index in [1.54, 1.807) is 4.57 Å². The monoisotopic (exact) mass is 260 g/mol. The van der Waals surface area contributed by atoms with Gasteiger partial charge in [-0.15, -0.1) is 0 Å². The van der Waals surface area contributed by atoms with Crippen molar-refractivity contribution in [1.29, 1.82) is 0 Å². The highest BCUT2D eigenvalue weighted by Crippen LogP contribution is 2.24. The third-order valence-corrected chi connectivity index (χ3v) is 4.08. The van der Waals surface area contributed by atoms with Gasteiger partial charge in [0.2, 0.25) is 0 Å². The van der Waals surface area contributed by atoms with Crippen LogP contribution in [0.1, 0.15) is 30.9 Å². The Morgan fingerprint density at radius 1 is 1.28 bits per heavy atom. The number of aromatic amines is 1. The van der Waals surface area contributed by atoms with Crippen molar-refractivity contribution in [1.82, 2.24) is 9.55 Å². The fourth-order valence-corrected chi connectivity index (χ4v) is 3.10. The second-order valence-electron chi connectivity index (χ2n) is 4.85. The van der Waals surface area contributed by atoms with Crippen LogP contribution in [-0.2, 0) is 19.4 Å². The summed E-state index contributed by atoms with van der Waals surface area (Å²) in [5, 5.41) is 0.770. The first kappa shape index (κ1) is 11.7. The van der Waals surface area contributed by atoms with Gasteiger partial charge in [0.15, 0.2) is 4.77 Å². The lowest BCUT2D eigenvalue weighted by molar-refractivity contribution is 0.683. The molecule has 0 atom stereocenters. The number of nitrogens with zero attached hydrogens (tertiary/aromatic N) is 1. The predicted molar refractivity (Wildman–Crippen MR) is 75.7 cm³/mol. The van der Waals surface area contributed by atoms with Gasteiger partial charge in [-0.3, -0.25) is 9.36 Å². The van der Waals surface area contributed by atoms with Crippen LogP contribution in [0.4, 0.5) is 0 Å². The molecular formula is C14H16N2OS. The Morgan fingerprint density at radius 3 is 2.61 bits per heavy atom. The Kier molecular flexibility index (Phi) is 2.82. The van der Waals surface area contributed by atoms with E-state index in [4.69, 9.17) is 12.2 Å².